The molecule has 7 heteroatoms. The summed E-state index contributed by atoms with van der Waals surface area (Å²) in [5.41, 5.74) is 2.09. The molecule has 2 aromatic rings. The third kappa shape index (κ3) is 5.76. The summed E-state index contributed by atoms with van der Waals surface area (Å²) in [6.45, 7) is 1.68. The lowest BCUT2D eigenvalue weighted by Crippen LogP contribution is -2.13. The minimum absolute atomic E-state index is 0.0853. The van der Waals surface area contributed by atoms with Crippen LogP contribution in [0.3, 0.4) is 0 Å². The average Bonchev–Trinajstić information content (AvgIpc) is 2.66. The molecule has 0 saturated carbocycles. The van der Waals surface area contributed by atoms with Gasteiger partial charge in [-0.2, -0.15) is 5.26 Å². The molecule has 0 fully saturated rings. The van der Waals surface area contributed by atoms with Crippen molar-refractivity contribution in [2.45, 2.75) is 25.9 Å². The van der Waals surface area contributed by atoms with E-state index in [-0.39, 0.29) is 5.69 Å². The highest BCUT2D eigenvalue weighted by Crippen LogP contribution is 2.28. The molecule has 136 valence electrons. The zero-order valence-electron chi connectivity index (χ0n) is 14.6. The van der Waals surface area contributed by atoms with Crippen LogP contribution in [0.2, 0.25) is 0 Å². The average molecular weight is 355 g/mol. The highest BCUT2D eigenvalue weighted by atomic mass is 16.6. The van der Waals surface area contributed by atoms with Gasteiger partial charge in [0.05, 0.1) is 24.7 Å². The van der Waals surface area contributed by atoms with E-state index in [4.69, 9.17) is 14.7 Å². The Morgan fingerprint density at radius 3 is 2.46 bits per heavy atom. The molecule has 0 unspecified atom stereocenters. The molecule has 26 heavy (non-hydrogen) atoms. The second-order valence-corrected chi connectivity index (χ2v) is 5.62. The predicted molar refractivity (Wildman–Crippen MR) is 97.0 cm³/mol. The number of hydrogen-bond donors (Lipinski definition) is 1. The molecule has 0 radical (unpaired) electrons. The quantitative estimate of drug-likeness (QED) is 0.397. The van der Waals surface area contributed by atoms with Crippen molar-refractivity contribution < 1.29 is 14.4 Å². The summed E-state index contributed by atoms with van der Waals surface area (Å²) in [7, 11) is 1.59. The number of benzene rings is 2. The molecule has 0 bridgehead atoms. The Bertz CT molecular complexity index is 769. The van der Waals surface area contributed by atoms with E-state index in [0.717, 1.165) is 11.1 Å². The lowest BCUT2D eigenvalue weighted by molar-refractivity contribution is -0.384. The maximum absolute atomic E-state index is 10.7. The van der Waals surface area contributed by atoms with Crippen LogP contribution < -0.4 is 14.8 Å². The molecule has 2 aromatic carbocycles. The van der Waals surface area contributed by atoms with E-state index >= 15 is 0 Å². The number of non-ortho nitro benzene ring substituents is 1. The molecule has 0 aliphatic carbocycles. The van der Waals surface area contributed by atoms with Gasteiger partial charge >= 0.3 is 0 Å². The number of nitro groups is 1. The first-order valence-electron chi connectivity index (χ1n) is 8.24. The molecule has 7 nitrogen and oxygen atoms in total. The molecule has 0 atom stereocenters. The smallest absolute Gasteiger partial charge is 0.269 e. The van der Waals surface area contributed by atoms with Crippen LogP contribution in [0.1, 0.15) is 24.0 Å². The van der Waals surface area contributed by atoms with E-state index < -0.39 is 4.92 Å². The number of nitrogens with one attached hydrogen (secondary N) is 1. The van der Waals surface area contributed by atoms with Crippen LogP contribution in [0.25, 0.3) is 0 Å². The summed E-state index contributed by atoms with van der Waals surface area (Å²) in [6, 6.07) is 14.3. The van der Waals surface area contributed by atoms with Crippen LogP contribution in [0.15, 0.2) is 42.5 Å². The van der Waals surface area contributed by atoms with Gasteiger partial charge in [-0.1, -0.05) is 18.2 Å². The Balaban J connectivity index is 1.90. The molecule has 0 aromatic heterocycles. The van der Waals surface area contributed by atoms with Crippen molar-refractivity contribution >= 4 is 5.69 Å². The fourth-order valence-electron chi connectivity index (χ4n) is 2.36. The van der Waals surface area contributed by atoms with E-state index in [1.807, 2.05) is 18.2 Å². The molecule has 0 saturated heterocycles. The van der Waals surface area contributed by atoms with Crippen LogP contribution in [0, 0.1) is 21.4 Å². The van der Waals surface area contributed by atoms with Gasteiger partial charge in [0.2, 0.25) is 0 Å². The van der Waals surface area contributed by atoms with Crippen LogP contribution in [-0.4, -0.2) is 18.6 Å². The normalized spacial score (nSPS) is 10.2. The first-order chi connectivity index (χ1) is 12.6. The molecule has 1 N–H and O–H groups in total. The van der Waals surface area contributed by atoms with Crippen molar-refractivity contribution in [1.29, 1.82) is 5.26 Å². The van der Waals surface area contributed by atoms with Crippen molar-refractivity contribution in [2.24, 2.45) is 0 Å². The zero-order valence-corrected chi connectivity index (χ0v) is 14.6. The number of hydrogen-bond acceptors (Lipinski definition) is 6. The van der Waals surface area contributed by atoms with E-state index in [9.17, 15) is 10.1 Å². The Labute approximate surface area is 152 Å². The van der Waals surface area contributed by atoms with Gasteiger partial charge < -0.3 is 14.8 Å². The number of nitro benzene ring substituents is 1. The van der Waals surface area contributed by atoms with Crippen LogP contribution in [-0.2, 0) is 13.1 Å². The first-order valence-corrected chi connectivity index (χ1v) is 8.24. The van der Waals surface area contributed by atoms with Gasteiger partial charge in [0.1, 0.15) is 0 Å². The van der Waals surface area contributed by atoms with Gasteiger partial charge in [-0.3, -0.25) is 10.1 Å². The first kappa shape index (κ1) is 19.2. The summed E-state index contributed by atoms with van der Waals surface area (Å²) in [5, 5.41) is 22.5. The lowest BCUT2D eigenvalue weighted by atomic mass is 10.1. The van der Waals surface area contributed by atoms with Gasteiger partial charge in [-0.15, -0.1) is 0 Å². The SMILES string of the molecule is COc1ccc(CNCc2ccc([N+](=O)[O-])cc2)cc1OCCCC#N. The third-order valence-corrected chi connectivity index (χ3v) is 3.72. The predicted octanol–water partition coefficient (Wildman–Crippen LogP) is 3.58. The van der Waals surface area contributed by atoms with Gasteiger partial charge in [-0.25, -0.2) is 0 Å². The van der Waals surface area contributed by atoms with Crippen LogP contribution >= 0.6 is 0 Å². The fraction of sp³-hybridized carbons (Fsp3) is 0.316. The topological polar surface area (TPSA) is 97.4 Å². The van der Waals surface area contributed by atoms with Gasteiger partial charge in [0.25, 0.3) is 5.69 Å². The maximum atomic E-state index is 10.7. The van der Waals surface area contributed by atoms with E-state index in [0.29, 0.717) is 44.0 Å². The second kappa shape index (κ2) is 10.0. The summed E-state index contributed by atoms with van der Waals surface area (Å²) < 4.78 is 11.0. The molecule has 0 spiro atoms. The Kier molecular flexibility index (Phi) is 7.40. The van der Waals surface area contributed by atoms with Crippen LogP contribution in [0.5, 0.6) is 11.5 Å². The Morgan fingerprint density at radius 2 is 1.81 bits per heavy atom. The maximum Gasteiger partial charge on any atom is 0.269 e. The van der Waals surface area contributed by atoms with Crippen LogP contribution in [0.4, 0.5) is 5.69 Å². The standard InChI is InChI=1S/C19H21N3O4/c1-25-18-9-6-16(12-19(18)26-11-3-2-10-20)14-21-13-15-4-7-17(8-5-15)22(23)24/h4-9,12,21H,2-3,11,13-14H2,1H3. The fourth-order valence-corrected chi connectivity index (χ4v) is 2.36. The minimum atomic E-state index is -0.410. The van der Waals surface area contributed by atoms with Gasteiger partial charge in [0.15, 0.2) is 11.5 Å². The summed E-state index contributed by atoms with van der Waals surface area (Å²) in [4.78, 5) is 10.2. The second-order valence-electron chi connectivity index (χ2n) is 5.62. The monoisotopic (exact) mass is 355 g/mol. The number of rotatable bonds is 10. The zero-order chi connectivity index (χ0) is 18.8. The highest BCUT2D eigenvalue weighted by Gasteiger charge is 2.07. The molecule has 0 amide bonds. The van der Waals surface area contributed by atoms with Crippen molar-refractivity contribution in [3.63, 3.8) is 0 Å². The van der Waals surface area contributed by atoms with Crippen molar-refractivity contribution in [1.82, 2.24) is 5.32 Å². The van der Waals surface area contributed by atoms with E-state index in [2.05, 4.69) is 11.4 Å². The number of unbranched alkanes of at least 4 members (excludes halogenated alkanes) is 1. The summed E-state index contributed by atoms with van der Waals surface area (Å²) in [5.74, 6) is 1.31. The molecule has 0 aliphatic rings. The number of methoxy groups -OCH3 is 1. The van der Waals surface area contributed by atoms with Crippen molar-refractivity contribution in [2.75, 3.05) is 13.7 Å². The molecule has 0 heterocycles. The lowest BCUT2D eigenvalue weighted by Gasteiger charge is -2.12. The number of nitrogens with zero attached hydrogens (tertiary/aromatic N) is 2. The molecule has 0 aliphatic heterocycles. The van der Waals surface area contributed by atoms with Crippen molar-refractivity contribution in [3.8, 4) is 17.6 Å². The molecule has 2 rings (SSSR count). The minimum Gasteiger partial charge on any atom is -0.493 e. The highest BCUT2D eigenvalue weighted by molar-refractivity contribution is 5.43. The van der Waals surface area contributed by atoms with E-state index in [1.165, 1.54) is 12.1 Å². The number of ether oxygens (including phenoxy) is 2. The Hall–Kier alpha value is -3.11. The molecular formula is C19H21N3O4. The third-order valence-electron chi connectivity index (χ3n) is 3.72. The van der Waals surface area contributed by atoms with E-state index in [1.54, 1.807) is 19.2 Å². The number of nitriles is 1. The Morgan fingerprint density at radius 1 is 1.12 bits per heavy atom. The largest absolute Gasteiger partial charge is 0.493 e. The van der Waals surface area contributed by atoms with Gasteiger partial charge in [0, 0.05) is 31.6 Å². The summed E-state index contributed by atoms with van der Waals surface area (Å²) in [6.07, 6.45) is 1.13. The summed E-state index contributed by atoms with van der Waals surface area (Å²) >= 11 is 0. The van der Waals surface area contributed by atoms with Gasteiger partial charge in [-0.05, 0) is 29.7 Å². The van der Waals surface area contributed by atoms with Crippen molar-refractivity contribution in [3.05, 3.63) is 63.7 Å². The molecular weight excluding hydrogens is 334 g/mol.